The minimum atomic E-state index is 0.439. The second kappa shape index (κ2) is 5.27. The zero-order valence-electron chi connectivity index (χ0n) is 11.2. The van der Waals surface area contributed by atoms with Gasteiger partial charge in [-0.1, -0.05) is 11.6 Å². The van der Waals surface area contributed by atoms with Crippen LogP contribution in [0.2, 0.25) is 4.34 Å². The van der Waals surface area contributed by atoms with Crippen LogP contribution in [0.15, 0.2) is 18.6 Å². The van der Waals surface area contributed by atoms with Crippen molar-refractivity contribution in [2.24, 2.45) is 0 Å². The first-order valence-corrected chi connectivity index (χ1v) is 7.87. The summed E-state index contributed by atoms with van der Waals surface area (Å²) in [5, 5.41) is 3.64. The Labute approximate surface area is 122 Å². The molecule has 0 spiro atoms. The molecule has 1 aliphatic rings. The van der Waals surface area contributed by atoms with Gasteiger partial charge in [-0.15, -0.1) is 11.3 Å². The van der Waals surface area contributed by atoms with Gasteiger partial charge >= 0.3 is 0 Å². The molecule has 0 bridgehead atoms. The van der Waals surface area contributed by atoms with Gasteiger partial charge in [-0.25, -0.2) is 4.98 Å². The molecule has 3 rings (SSSR count). The quantitative estimate of drug-likeness (QED) is 0.925. The van der Waals surface area contributed by atoms with Gasteiger partial charge in [0.25, 0.3) is 0 Å². The molecule has 0 amide bonds. The van der Waals surface area contributed by atoms with Crippen LogP contribution in [0.25, 0.3) is 0 Å². The van der Waals surface area contributed by atoms with Gasteiger partial charge < -0.3 is 9.88 Å². The van der Waals surface area contributed by atoms with Crippen molar-refractivity contribution >= 4 is 22.9 Å². The van der Waals surface area contributed by atoms with Crippen LogP contribution in [-0.2, 0) is 13.0 Å². The highest BCUT2D eigenvalue weighted by Crippen LogP contribution is 2.39. The maximum Gasteiger partial charge on any atom is 0.0951 e. The number of nitrogens with zero attached hydrogens (tertiary/aromatic N) is 2. The number of aromatic nitrogens is 2. The molecule has 1 aliphatic carbocycles. The number of hydrogen-bond donors (Lipinski definition) is 1. The molecule has 0 fully saturated rings. The molecule has 1 N–H and O–H groups in total. The average Bonchev–Trinajstić information content (AvgIpc) is 3.01. The number of aryl methyl sites for hydroxylation is 1. The van der Waals surface area contributed by atoms with E-state index in [9.17, 15) is 0 Å². The number of nitrogens with one attached hydrogen (secondary N) is 1. The van der Waals surface area contributed by atoms with Crippen molar-refractivity contribution in [3.05, 3.63) is 39.1 Å². The standard InChI is InChI=1S/C14H18ClN3S/c1-9(2)18-8-16-6-10(18)7-17-12-3-4-13-11(12)5-14(15)19-13/h5-6,8-9,12,17H,3-4,7H2,1-2H3. The summed E-state index contributed by atoms with van der Waals surface area (Å²) >= 11 is 7.81. The van der Waals surface area contributed by atoms with E-state index in [-0.39, 0.29) is 0 Å². The van der Waals surface area contributed by atoms with E-state index in [0.717, 1.165) is 17.3 Å². The van der Waals surface area contributed by atoms with Crippen molar-refractivity contribution in [2.45, 2.75) is 45.3 Å². The lowest BCUT2D eigenvalue weighted by Crippen LogP contribution is -2.20. The molecule has 0 radical (unpaired) electrons. The lowest BCUT2D eigenvalue weighted by molar-refractivity contribution is 0.496. The second-order valence-corrected chi connectivity index (χ2v) is 7.06. The molecule has 19 heavy (non-hydrogen) atoms. The fourth-order valence-corrected chi connectivity index (χ4v) is 4.06. The van der Waals surface area contributed by atoms with Crippen LogP contribution in [0, 0.1) is 0 Å². The van der Waals surface area contributed by atoms with Crippen molar-refractivity contribution in [3.63, 3.8) is 0 Å². The van der Waals surface area contributed by atoms with Gasteiger partial charge in [0, 0.05) is 29.7 Å². The van der Waals surface area contributed by atoms with Crippen molar-refractivity contribution in [1.82, 2.24) is 14.9 Å². The average molecular weight is 296 g/mol. The summed E-state index contributed by atoms with van der Waals surface area (Å²) in [6.45, 7) is 5.21. The summed E-state index contributed by atoms with van der Waals surface area (Å²) in [6, 6.07) is 3.01. The van der Waals surface area contributed by atoms with E-state index < -0.39 is 0 Å². The molecule has 1 unspecified atom stereocenters. The van der Waals surface area contributed by atoms with Crippen molar-refractivity contribution < 1.29 is 0 Å². The number of fused-ring (bicyclic) bond motifs is 1. The van der Waals surface area contributed by atoms with Crippen LogP contribution >= 0.6 is 22.9 Å². The highest BCUT2D eigenvalue weighted by molar-refractivity contribution is 7.16. The third-order valence-electron chi connectivity index (χ3n) is 3.68. The van der Waals surface area contributed by atoms with E-state index in [0.29, 0.717) is 12.1 Å². The van der Waals surface area contributed by atoms with Crippen LogP contribution in [-0.4, -0.2) is 9.55 Å². The molecule has 0 saturated heterocycles. The van der Waals surface area contributed by atoms with Gasteiger partial charge in [0.2, 0.25) is 0 Å². The van der Waals surface area contributed by atoms with Crippen molar-refractivity contribution in [2.75, 3.05) is 0 Å². The first-order chi connectivity index (χ1) is 9.15. The predicted molar refractivity (Wildman–Crippen MR) is 79.8 cm³/mol. The molecule has 0 aromatic carbocycles. The molecular formula is C14H18ClN3S. The fraction of sp³-hybridized carbons (Fsp3) is 0.500. The van der Waals surface area contributed by atoms with Gasteiger partial charge in [0.1, 0.15) is 0 Å². The van der Waals surface area contributed by atoms with E-state index in [1.165, 1.54) is 22.6 Å². The Morgan fingerprint density at radius 2 is 2.42 bits per heavy atom. The van der Waals surface area contributed by atoms with Gasteiger partial charge in [0.05, 0.1) is 16.4 Å². The summed E-state index contributed by atoms with van der Waals surface area (Å²) < 4.78 is 3.12. The summed E-state index contributed by atoms with van der Waals surface area (Å²) in [6.07, 6.45) is 6.18. The van der Waals surface area contributed by atoms with E-state index in [1.807, 2.05) is 12.5 Å². The Hall–Kier alpha value is -0.840. The highest BCUT2D eigenvalue weighted by Gasteiger charge is 2.24. The first-order valence-electron chi connectivity index (χ1n) is 6.67. The molecule has 3 nitrogen and oxygen atoms in total. The normalized spacial score (nSPS) is 18.2. The van der Waals surface area contributed by atoms with Crippen LogP contribution < -0.4 is 5.32 Å². The molecule has 0 saturated carbocycles. The van der Waals surface area contributed by atoms with Crippen LogP contribution in [0.4, 0.5) is 0 Å². The number of imidazole rings is 1. The summed E-state index contributed by atoms with van der Waals surface area (Å²) in [7, 11) is 0. The smallest absolute Gasteiger partial charge is 0.0951 e. The van der Waals surface area contributed by atoms with Crippen molar-refractivity contribution in [3.8, 4) is 0 Å². The third-order valence-corrected chi connectivity index (χ3v) is 5.02. The first kappa shape index (κ1) is 13.2. The lowest BCUT2D eigenvalue weighted by Gasteiger charge is -2.16. The maximum atomic E-state index is 6.09. The Morgan fingerprint density at radius 3 is 3.21 bits per heavy atom. The van der Waals surface area contributed by atoms with Gasteiger partial charge in [-0.2, -0.15) is 0 Å². The minimum absolute atomic E-state index is 0.439. The minimum Gasteiger partial charge on any atom is -0.331 e. The number of thiophene rings is 1. The molecule has 2 aromatic heterocycles. The van der Waals surface area contributed by atoms with Crippen LogP contribution in [0.5, 0.6) is 0 Å². The van der Waals surface area contributed by atoms with Crippen molar-refractivity contribution in [1.29, 1.82) is 0 Å². The molecule has 0 aliphatic heterocycles. The molecule has 102 valence electrons. The molecular weight excluding hydrogens is 278 g/mol. The summed E-state index contributed by atoms with van der Waals surface area (Å²) in [4.78, 5) is 5.69. The Bertz CT molecular complexity index is 573. The summed E-state index contributed by atoms with van der Waals surface area (Å²) in [5.41, 5.74) is 2.63. The Kier molecular flexibility index (Phi) is 3.65. The SMILES string of the molecule is CC(C)n1cncc1CNC1CCc2sc(Cl)cc21. The van der Waals surface area contributed by atoms with E-state index in [1.54, 1.807) is 11.3 Å². The largest absolute Gasteiger partial charge is 0.331 e. The monoisotopic (exact) mass is 295 g/mol. The molecule has 1 atom stereocenters. The van der Waals surface area contributed by atoms with E-state index in [4.69, 9.17) is 11.6 Å². The molecule has 5 heteroatoms. The number of hydrogen-bond acceptors (Lipinski definition) is 3. The lowest BCUT2D eigenvalue weighted by atomic mass is 10.2. The maximum absolute atomic E-state index is 6.09. The predicted octanol–water partition coefficient (Wildman–Crippen LogP) is 3.96. The molecule has 2 aromatic rings. The molecule has 2 heterocycles. The van der Waals surface area contributed by atoms with Gasteiger partial charge in [-0.05, 0) is 38.3 Å². The second-order valence-electron chi connectivity index (χ2n) is 5.29. The van der Waals surface area contributed by atoms with Crippen LogP contribution in [0.1, 0.15) is 48.5 Å². The highest BCUT2D eigenvalue weighted by atomic mass is 35.5. The fourth-order valence-electron chi connectivity index (χ4n) is 2.70. The zero-order valence-corrected chi connectivity index (χ0v) is 12.8. The summed E-state index contributed by atoms with van der Waals surface area (Å²) in [5.74, 6) is 0. The zero-order chi connectivity index (χ0) is 13.4. The number of halogens is 1. The van der Waals surface area contributed by atoms with Crippen LogP contribution in [0.3, 0.4) is 0 Å². The van der Waals surface area contributed by atoms with Gasteiger partial charge in [0.15, 0.2) is 0 Å². The topological polar surface area (TPSA) is 29.9 Å². The van der Waals surface area contributed by atoms with Gasteiger partial charge in [-0.3, -0.25) is 0 Å². The van der Waals surface area contributed by atoms with E-state index >= 15 is 0 Å². The third kappa shape index (κ3) is 2.57. The Balaban J connectivity index is 1.69. The number of rotatable bonds is 4. The Morgan fingerprint density at radius 1 is 1.58 bits per heavy atom. The van der Waals surface area contributed by atoms with E-state index in [2.05, 4.69) is 34.8 Å².